The SMILES string of the molecule is COc1cc(C)c(CN(C)C(=O)Cc2ccc(Br)cc2)cc1OC. The summed E-state index contributed by atoms with van der Waals surface area (Å²) in [5.41, 5.74) is 3.11. The second-order valence-electron chi connectivity index (χ2n) is 5.69. The molecule has 0 fully saturated rings. The van der Waals surface area contributed by atoms with Gasteiger partial charge in [-0.1, -0.05) is 28.1 Å². The van der Waals surface area contributed by atoms with E-state index in [1.165, 1.54) is 0 Å². The molecule has 2 rings (SSSR count). The quantitative estimate of drug-likeness (QED) is 0.747. The predicted molar refractivity (Wildman–Crippen MR) is 98.6 cm³/mol. The molecule has 1 amide bonds. The molecule has 2 aromatic rings. The van der Waals surface area contributed by atoms with Crippen LogP contribution in [0.1, 0.15) is 16.7 Å². The maximum atomic E-state index is 12.4. The molecule has 0 spiro atoms. The van der Waals surface area contributed by atoms with Crippen LogP contribution in [0.5, 0.6) is 11.5 Å². The molecule has 0 aliphatic carbocycles. The highest BCUT2D eigenvalue weighted by atomic mass is 79.9. The highest BCUT2D eigenvalue weighted by molar-refractivity contribution is 9.10. The second-order valence-corrected chi connectivity index (χ2v) is 6.60. The molecule has 0 aliphatic rings. The van der Waals surface area contributed by atoms with Gasteiger partial charge < -0.3 is 14.4 Å². The first-order valence-corrected chi connectivity index (χ1v) is 8.43. The zero-order chi connectivity index (χ0) is 17.7. The normalized spacial score (nSPS) is 10.4. The predicted octanol–water partition coefficient (Wildman–Crippen LogP) is 3.98. The smallest absolute Gasteiger partial charge is 0.227 e. The van der Waals surface area contributed by atoms with Crippen LogP contribution in [-0.2, 0) is 17.8 Å². The number of halogens is 1. The average Bonchev–Trinajstić information content (AvgIpc) is 2.58. The van der Waals surface area contributed by atoms with Crippen LogP contribution in [-0.4, -0.2) is 32.1 Å². The van der Waals surface area contributed by atoms with Gasteiger partial charge >= 0.3 is 0 Å². The monoisotopic (exact) mass is 391 g/mol. The molecule has 0 heterocycles. The van der Waals surface area contributed by atoms with E-state index >= 15 is 0 Å². The van der Waals surface area contributed by atoms with E-state index in [0.717, 1.165) is 21.2 Å². The van der Waals surface area contributed by atoms with Gasteiger partial charge in [-0.3, -0.25) is 4.79 Å². The number of methoxy groups -OCH3 is 2. The molecule has 4 nitrogen and oxygen atoms in total. The summed E-state index contributed by atoms with van der Waals surface area (Å²) in [5.74, 6) is 1.45. The zero-order valence-corrected chi connectivity index (χ0v) is 16.0. The van der Waals surface area contributed by atoms with Crippen molar-refractivity contribution in [3.8, 4) is 11.5 Å². The maximum absolute atomic E-state index is 12.4. The van der Waals surface area contributed by atoms with Crippen LogP contribution >= 0.6 is 15.9 Å². The van der Waals surface area contributed by atoms with E-state index < -0.39 is 0 Å². The van der Waals surface area contributed by atoms with Crippen molar-refractivity contribution in [2.45, 2.75) is 19.9 Å². The maximum Gasteiger partial charge on any atom is 0.227 e. The first-order valence-electron chi connectivity index (χ1n) is 7.64. The van der Waals surface area contributed by atoms with E-state index in [-0.39, 0.29) is 5.91 Å². The minimum atomic E-state index is 0.0755. The van der Waals surface area contributed by atoms with Gasteiger partial charge in [-0.15, -0.1) is 0 Å². The highest BCUT2D eigenvalue weighted by Crippen LogP contribution is 2.30. The lowest BCUT2D eigenvalue weighted by molar-refractivity contribution is -0.129. The summed E-state index contributed by atoms with van der Waals surface area (Å²) in [6.45, 7) is 2.53. The fraction of sp³-hybridized carbons (Fsp3) is 0.316. The Morgan fingerprint density at radius 1 is 1.08 bits per heavy atom. The van der Waals surface area contributed by atoms with Crippen LogP contribution in [0.25, 0.3) is 0 Å². The van der Waals surface area contributed by atoms with Crippen LogP contribution in [0.15, 0.2) is 40.9 Å². The topological polar surface area (TPSA) is 38.8 Å². The summed E-state index contributed by atoms with van der Waals surface area (Å²) < 4.78 is 11.7. The lowest BCUT2D eigenvalue weighted by Crippen LogP contribution is -2.28. The van der Waals surface area contributed by atoms with Gasteiger partial charge in [-0.25, -0.2) is 0 Å². The van der Waals surface area contributed by atoms with Gasteiger partial charge in [-0.05, 0) is 47.9 Å². The average molecular weight is 392 g/mol. The molecular weight excluding hydrogens is 370 g/mol. The van der Waals surface area contributed by atoms with Gasteiger partial charge in [0, 0.05) is 18.1 Å². The molecule has 0 bridgehead atoms. The molecular formula is C19H22BrNO3. The fourth-order valence-corrected chi connectivity index (χ4v) is 2.71. The molecule has 128 valence electrons. The standard InChI is InChI=1S/C19H22BrNO3/c1-13-9-17(23-3)18(24-4)11-15(13)12-21(2)19(22)10-14-5-7-16(20)8-6-14/h5-9,11H,10,12H2,1-4H3. The van der Waals surface area contributed by atoms with Gasteiger partial charge in [0.2, 0.25) is 5.91 Å². The van der Waals surface area contributed by atoms with Crippen LogP contribution in [0.2, 0.25) is 0 Å². The third kappa shape index (κ3) is 4.51. The van der Waals surface area contributed by atoms with Crippen LogP contribution in [0.4, 0.5) is 0 Å². The third-order valence-electron chi connectivity index (χ3n) is 3.94. The van der Waals surface area contributed by atoms with Gasteiger partial charge in [0.25, 0.3) is 0 Å². The van der Waals surface area contributed by atoms with Gasteiger partial charge in [0.05, 0.1) is 20.6 Å². The van der Waals surface area contributed by atoms with Crippen molar-refractivity contribution in [1.29, 1.82) is 0 Å². The van der Waals surface area contributed by atoms with E-state index in [1.807, 2.05) is 50.4 Å². The number of amides is 1. The van der Waals surface area contributed by atoms with E-state index in [1.54, 1.807) is 19.1 Å². The summed E-state index contributed by atoms with van der Waals surface area (Å²) in [6, 6.07) is 11.7. The number of nitrogens with zero attached hydrogens (tertiary/aromatic N) is 1. The largest absolute Gasteiger partial charge is 0.493 e. The van der Waals surface area contributed by atoms with Crippen molar-refractivity contribution < 1.29 is 14.3 Å². The molecule has 0 aliphatic heterocycles. The Morgan fingerprint density at radius 3 is 2.25 bits per heavy atom. The van der Waals surface area contributed by atoms with E-state index in [4.69, 9.17) is 9.47 Å². The van der Waals surface area contributed by atoms with E-state index in [9.17, 15) is 4.79 Å². The van der Waals surface area contributed by atoms with Crippen molar-refractivity contribution in [3.05, 3.63) is 57.6 Å². The van der Waals surface area contributed by atoms with Crippen molar-refractivity contribution in [1.82, 2.24) is 4.90 Å². The van der Waals surface area contributed by atoms with Crippen molar-refractivity contribution in [2.75, 3.05) is 21.3 Å². The first kappa shape index (κ1) is 18.3. The number of aryl methyl sites for hydroxylation is 1. The molecule has 0 saturated carbocycles. The number of benzene rings is 2. The zero-order valence-electron chi connectivity index (χ0n) is 14.4. The van der Waals surface area contributed by atoms with Gasteiger partial charge in [0.1, 0.15) is 0 Å². The Bertz CT molecular complexity index is 713. The number of likely N-dealkylation sites (N-methyl/N-ethyl adjacent to an activating group) is 1. The molecule has 2 aromatic carbocycles. The number of rotatable bonds is 6. The Balaban J connectivity index is 2.09. The highest BCUT2D eigenvalue weighted by Gasteiger charge is 2.14. The minimum absolute atomic E-state index is 0.0755. The summed E-state index contributed by atoms with van der Waals surface area (Å²) in [6.07, 6.45) is 0.385. The molecule has 24 heavy (non-hydrogen) atoms. The van der Waals surface area contributed by atoms with Crippen LogP contribution in [0, 0.1) is 6.92 Å². The Hall–Kier alpha value is -2.01. The summed E-state index contributed by atoms with van der Waals surface area (Å²) in [5, 5.41) is 0. The van der Waals surface area contributed by atoms with Crippen LogP contribution < -0.4 is 9.47 Å². The molecule has 0 saturated heterocycles. The summed E-state index contributed by atoms with van der Waals surface area (Å²) >= 11 is 3.40. The Labute approximate surface area is 151 Å². The number of carbonyl (C=O) groups excluding carboxylic acids is 1. The van der Waals surface area contributed by atoms with Crippen molar-refractivity contribution in [2.24, 2.45) is 0 Å². The fourth-order valence-electron chi connectivity index (χ4n) is 2.45. The molecule has 0 N–H and O–H groups in total. The number of carbonyl (C=O) groups is 1. The second kappa shape index (κ2) is 8.20. The third-order valence-corrected chi connectivity index (χ3v) is 4.47. The van der Waals surface area contributed by atoms with Crippen molar-refractivity contribution >= 4 is 21.8 Å². The van der Waals surface area contributed by atoms with Gasteiger partial charge in [-0.2, -0.15) is 0 Å². The minimum Gasteiger partial charge on any atom is -0.493 e. The summed E-state index contributed by atoms with van der Waals surface area (Å²) in [4.78, 5) is 14.2. The molecule has 0 aromatic heterocycles. The Morgan fingerprint density at radius 2 is 1.67 bits per heavy atom. The molecule has 0 radical (unpaired) electrons. The van der Waals surface area contributed by atoms with E-state index in [0.29, 0.717) is 24.5 Å². The van der Waals surface area contributed by atoms with Gasteiger partial charge in [0.15, 0.2) is 11.5 Å². The number of ether oxygens (including phenoxy) is 2. The Kier molecular flexibility index (Phi) is 6.26. The number of hydrogen-bond acceptors (Lipinski definition) is 3. The molecule has 5 heteroatoms. The molecule has 0 unspecified atom stereocenters. The van der Waals surface area contributed by atoms with E-state index in [2.05, 4.69) is 15.9 Å². The molecule has 0 atom stereocenters. The first-order chi connectivity index (χ1) is 11.4. The summed E-state index contributed by atoms with van der Waals surface area (Å²) in [7, 11) is 5.04. The van der Waals surface area contributed by atoms with Crippen molar-refractivity contribution in [3.63, 3.8) is 0 Å². The van der Waals surface area contributed by atoms with Crippen LogP contribution in [0.3, 0.4) is 0 Å². The lowest BCUT2D eigenvalue weighted by Gasteiger charge is -2.20. The lowest BCUT2D eigenvalue weighted by atomic mass is 10.1. The number of hydrogen-bond donors (Lipinski definition) is 0.